The van der Waals surface area contributed by atoms with Crippen LogP contribution in [0.15, 0.2) is 0 Å². The van der Waals surface area contributed by atoms with Gasteiger partial charge in [0.05, 0.1) is 5.60 Å². The average molecular weight is 222 g/mol. The fourth-order valence-corrected chi connectivity index (χ4v) is 3.73. The molecule has 0 aromatic heterocycles. The number of ether oxygens (including phenoxy) is 1. The largest absolute Gasteiger partial charge is 0.375 e. The van der Waals surface area contributed by atoms with Crippen molar-refractivity contribution in [2.45, 2.75) is 63.4 Å². The van der Waals surface area contributed by atoms with E-state index in [1.165, 1.54) is 32.1 Å². The van der Waals surface area contributed by atoms with E-state index < -0.39 is 0 Å². The summed E-state index contributed by atoms with van der Waals surface area (Å²) < 4.78 is 5.89. The summed E-state index contributed by atoms with van der Waals surface area (Å²) in [5, 5.41) is 0. The lowest BCUT2D eigenvalue weighted by molar-refractivity contribution is -0.157. The summed E-state index contributed by atoms with van der Waals surface area (Å²) in [7, 11) is 0. The van der Waals surface area contributed by atoms with Crippen LogP contribution in [-0.4, -0.2) is 18.0 Å². The number of Topliss-reactive ketones (excluding diaryl/α,β-unsaturated/α-hetero) is 1. The Labute approximate surface area is 97.7 Å². The highest BCUT2D eigenvalue weighted by molar-refractivity contribution is 5.83. The molecule has 1 saturated heterocycles. The van der Waals surface area contributed by atoms with E-state index in [4.69, 9.17) is 4.74 Å². The topological polar surface area (TPSA) is 26.3 Å². The Balaban J connectivity index is 1.63. The van der Waals surface area contributed by atoms with Gasteiger partial charge >= 0.3 is 0 Å². The van der Waals surface area contributed by atoms with Crippen molar-refractivity contribution in [3.63, 3.8) is 0 Å². The van der Waals surface area contributed by atoms with Crippen molar-refractivity contribution in [2.75, 3.05) is 6.61 Å². The third-order valence-corrected chi connectivity index (χ3v) is 4.92. The van der Waals surface area contributed by atoms with E-state index in [1.807, 2.05) is 0 Å². The maximum atomic E-state index is 12.4. The molecular formula is C14H22O2. The van der Waals surface area contributed by atoms with Crippen molar-refractivity contribution in [1.29, 1.82) is 0 Å². The Morgan fingerprint density at radius 2 is 1.75 bits per heavy atom. The zero-order chi connectivity index (χ0) is 11.0. The van der Waals surface area contributed by atoms with E-state index in [9.17, 15) is 4.79 Å². The molecule has 3 rings (SSSR count). The predicted octanol–water partition coefficient (Wildman–Crippen LogP) is 3.10. The van der Waals surface area contributed by atoms with Crippen LogP contribution in [0.5, 0.6) is 0 Å². The summed E-state index contributed by atoms with van der Waals surface area (Å²) >= 11 is 0. The van der Waals surface area contributed by atoms with Crippen molar-refractivity contribution in [3.05, 3.63) is 0 Å². The maximum absolute atomic E-state index is 12.4. The van der Waals surface area contributed by atoms with E-state index in [1.54, 1.807) is 0 Å². The number of ketones is 1. The van der Waals surface area contributed by atoms with Crippen LogP contribution in [0.4, 0.5) is 0 Å². The van der Waals surface area contributed by atoms with Crippen molar-refractivity contribution in [2.24, 2.45) is 11.8 Å². The van der Waals surface area contributed by atoms with Crippen molar-refractivity contribution in [1.82, 2.24) is 0 Å². The number of carbonyl (C=O) groups excluding carboxylic acids is 1. The molecule has 2 nitrogen and oxygen atoms in total. The quantitative estimate of drug-likeness (QED) is 0.717. The summed E-state index contributed by atoms with van der Waals surface area (Å²) in [5.74, 6) is 1.31. The minimum Gasteiger partial charge on any atom is -0.375 e. The normalized spacial score (nSPS) is 33.9. The first-order chi connectivity index (χ1) is 7.79. The van der Waals surface area contributed by atoms with Crippen LogP contribution in [0.25, 0.3) is 0 Å². The molecule has 1 spiro atoms. The first kappa shape index (κ1) is 10.8. The third kappa shape index (κ3) is 1.81. The summed E-state index contributed by atoms with van der Waals surface area (Å²) in [6.07, 6.45) is 10.6. The van der Waals surface area contributed by atoms with Gasteiger partial charge in [-0.15, -0.1) is 0 Å². The number of carbonyl (C=O) groups is 1. The molecular weight excluding hydrogens is 200 g/mol. The molecule has 1 unspecified atom stereocenters. The summed E-state index contributed by atoms with van der Waals surface area (Å²) in [4.78, 5) is 12.4. The molecule has 0 aromatic carbocycles. The molecule has 0 N–H and O–H groups in total. The standard InChI is InChI=1S/C14H22O2/c15-13(11-4-1-2-5-11)12-6-9-16-14(10-12)7-3-8-14/h11-12H,1-10H2. The van der Waals surface area contributed by atoms with E-state index in [0.717, 1.165) is 32.3 Å². The van der Waals surface area contributed by atoms with Crippen LogP contribution >= 0.6 is 0 Å². The van der Waals surface area contributed by atoms with E-state index in [2.05, 4.69) is 0 Å². The monoisotopic (exact) mass is 222 g/mol. The Hall–Kier alpha value is -0.370. The van der Waals surface area contributed by atoms with Crippen LogP contribution in [-0.2, 0) is 9.53 Å². The zero-order valence-corrected chi connectivity index (χ0v) is 10.0. The molecule has 0 radical (unpaired) electrons. The van der Waals surface area contributed by atoms with Gasteiger partial charge in [-0.2, -0.15) is 0 Å². The first-order valence-electron chi connectivity index (χ1n) is 6.97. The van der Waals surface area contributed by atoms with Gasteiger partial charge in [-0.3, -0.25) is 4.79 Å². The molecule has 3 fully saturated rings. The van der Waals surface area contributed by atoms with Gasteiger partial charge in [0.2, 0.25) is 0 Å². The van der Waals surface area contributed by atoms with Gasteiger partial charge in [0.1, 0.15) is 5.78 Å². The number of hydrogen-bond donors (Lipinski definition) is 0. The molecule has 2 aliphatic carbocycles. The molecule has 3 aliphatic rings. The highest BCUT2D eigenvalue weighted by Crippen LogP contribution is 2.45. The van der Waals surface area contributed by atoms with Gasteiger partial charge in [-0.25, -0.2) is 0 Å². The molecule has 90 valence electrons. The summed E-state index contributed by atoms with van der Waals surface area (Å²) in [6.45, 7) is 0.823. The van der Waals surface area contributed by atoms with Crippen LogP contribution in [0.3, 0.4) is 0 Å². The second-order valence-corrected chi connectivity index (χ2v) is 5.96. The second kappa shape index (κ2) is 4.14. The van der Waals surface area contributed by atoms with E-state index in [0.29, 0.717) is 17.6 Å². The number of rotatable bonds is 2. The van der Waals surface area contributed by atoms with Crippen LogP contribution in [0.1, 0.15) is 57.8 Å². The van der Waals surface area contributed by atoms with Crippen molar-refractivity contribution >= 4 is 5.78 Å². The van der Waals surface area contributed by atoms with Gasteiger partial charge in [0.25, 0.3) is 0 Å². The Morgan fingerprint density at radius 1 is 1.00 bits per heavy atom. The second-order valence-electron chi connectivity index (χ2n) is 5.96. The van der Waals surface area contributed by atoms with Crippen LogP contribution in [0.2, 0.25) is 0 Å². The van der Waals surface area contributed by atoms with Crippen LogP contribution in [0, 0.1) is 11.8 Å². The van der Waals surface area contributed by atoms with Crippen LogP contribution < -0.4 is 0 Å². The van der Waals surface area contributed by atoms with Gasteiger partial charge in [0.15, 0.2) is 0 Å². The molecule has 0 bridgehead atoms. The van der Waals surface area contributed by atoms with Crippen molar-refractivity contribution in [3.8, 4) is 0 Å². The van der Waals surface area contributed by atoms with E-state index >= 15 is 0 Å². The molecule has 2 heteroatoms. The predicted molar refractivity (Wildman–Crippen MR) is 62.2 cm³/mol. The van der Waals surface area contributed by atoms with Gasteiger partial charge in [-0.05, 0) is 44.9 Å². The molecule has 1 heterocycles. The Bertz CT molecular complexity index is 274. The molecule has 1 aliphatic heterocycles. The lowest BCUT2D eigenvalue weighted by Gasteiger charge is -2.47. The molecule has 16 heavy (non-hydrogen) atoms. The van der Waals surface area contributed by atoms with Gasteiger partial charge in [-0.1, -0.05) is 12.8 Å². The first-order valence-corrected chi connectivity index (χ1v) is 6.97. The lowest BCUT2D eigenvalue weighted by atomic mass is 9.70. The highest BCUT2D eigenvalue weighted by atomic mass is 16.5. The molecule has 2 saturated carbocycles. The fourth-order valence-electron chi connectivity index (χ4n) is 3.73. The molecule has 0 aromatic rings. The Kier molecular flexibility index (Phi) is 2.78. The van der Waals surface area contributed by atoms with E-state index in [-0.39, 0.29) is 5.60 Å². The minimum absolute atomic E-state index is 0.136. The SMILES string of the molecule is O=C(C1CCCC1)C1CCOC2(CCC2)C1. The Morgan fingerprint density at radius 3 is 2.38 bits per heavy atom. The smallest absolute Gasteiger partial charge is 0.139 e. The molecule has 0 amide bonds. The lowest BCUT2D eigenvalue weighted by Crippen LogP contribution is -2.47. The maximum Gasteiger partial charge on any atom is 0.139 e. The molecule has 1 atom stereocenters. The fraction of sp³-hybridized carbons (Fsp3) is 0.929. The van der Waals surface area contributed by atoms with Gasteiger partial charge < -0.3 is 4.74 Å². The summed E-state index contributed by atoms with van der Waals surface area (Å²) in [5.41, 5.74) is 0.136. The van der Waals surface area contributed by atoms with Gasteiger partial charge in [0, 0.05) is 18.4 Å². The average Bonchev–Trinajstić information content (AvgIpc) is 2.79. The third-order valence-electron chi connectivity index (χ3n) is 4.92. The highest BCUT2D eigenvalue weighted by Gasteiger charge is 2.45. The zero-order valence-electron chi connectivity index (χ0n) is 10.0. The number of hydrogen-bond acceptors (Lipinski definition) is 2. The minimum atomic E-state index is 0.136. The van der Waals surface area contributed by atoms with Crippen molar-refractivity contribution < 1.29 is 9.53 Å². The summed E-state index contributed by atoms with van der Waals surface area (Å²) in [6, 6.07) is 0.